The Labute approximate surface area is 125 Å². The Morgan fingerprint density at radius 1 is 1.29 bits per heavy atom. The summed E-state index contributed by atoms with van der Waals surface area (Å²) in [5.41, 5.74) is 2.64. The van der Waals surface area contributed by atoms with Crippen molar-refractivity contribution < 1.29 is 4.79 Å². The molecular weight excluding hydrogens is 262 g/mol. The fourth-order valence-corrected chi connectivity index (χ4v) is 4.37. The van der Waals surface area contributed by atoms with E-state index >= 15 is 0 Å². The van der Waals surface area contributed by atoms with Crippen LogP contribution in [0.25, 0.3) is 0 Å². The molecule has 4 rings (SSSR count). The lowest BCUT2D eigenvalue weighted by Gasteiger charge is -2.31. The maximum Gasteiger partial charge on any atom is 0.239 e. The van der Waals surface area contributed by atoms with Gasteiger partial charge >= 0.3 is 0 Å². The van der Waals surface area contributed by atoms with E-state index in [-0.39, 0.29) is 6.04 Å². The summed E-state index contributed by atoms with van der Waals surface area (Å²) in [5.74, 6) is 0.918. The largest absolute Gasteiger partial charge is 0.338 e. The predicted octanol–water partition coefficient (Wildman–Crippen LogP) is 1.54. The molecule has 1 aromatic heterocycles. The third-order valence-corrected chi connectivity index (χ3v) is 5.41. The number of nitrogens with zero attached hydrogens (tertiary/aromatic N) is 2. The van der Waals surface area contributed by atoms with Gasteiger partial charge in [-0.15, -0.1) is 0 Å². The van der Waals surface area contributed by atoms with Crippen LogP contribution in [0, 0.1) is 5.92 Å². The standard InChI is InChI=1S/C17H23N3O/c21-17(14-5-2-8-18-14)20-9-3-6-16(20)13-10-12-4-1-7-19-15(12)11-13/h1,4,7,13-14,16,18H,2-3,5-6,8-11H2. The third-order valence-electron chi connectivity index (χ3n) is 5.41. The first kappa shape index (κ1) is 13.3. The Morgan fingerprint density at radius 3 is 3.05 bits per heavy atom. The number of fused-ring (bicyclic) bond motifs is 1. The van der Waals surface area contributed by atoms with Crippen LogP contribution < -0.4 is 5.32 Å². The summed E-state index contributed by atoms with van der Waals surface area (Å²) in [7, 11) is 0. The minimum Gasteiger partial charge on any atom is -0.338 e. The Morgan fingerprint density at radius 2 is 2.24 bits per heavy atom. The van der Waals surface area contributed by atoms with Gasteiger partial charge < -0.3 is 10.2 Å². The highest BCUT2D eigenvalue weighted by Crippen LogP contribution is 2.34. The van der Waals surface area contributed by atoms with Gasteiger partial charge in [-0.2, -0.15) is 0 Å². The van der Waals surface area contributed by atoms with Gasteiger partial charge in [0.1, 0.15) is 0 Å². The van der Waals surface area contributed by atoms with Crippen molar-refractivity contribution in [1.82, 2.24) is 15.2 Å². The van der Waals surface area contributed by atoms with Crippen LogP contribution in [-0.4, -0.2) is 41.0 Å². The second-order valence-electron chi connectivity index (χ2n) is 6.67. The van der Waals surface area contributed by atoms with E-state index in [1.807, 2.05) is 12.3 Å². The molecule has 1 amide bonds. The van der Waals surface area contributed by atoms with E-state index < -0.39 is 0 Å². The van der Waals surface area contributed by atoms with Crippen LogP contribution in [0.5, 0.6) is 0 Å². The van der Waals surface area contributed by atoms with Gasteiger partial charge in [0.15, 0.2) is 0 Å². The monoisotopic (exact) mass is 285 g/mol. The zero-order valence-corrected chi connectivity index (χ0v) is 12.4. The lowest BCUT2D eigenvalue weighted by atomic mass is 9.94. The first-order valence-corrected chi connectivity index (χ1v) is 8.29. The maximum absolute atomic E-state index is 12.7. The molecule has 3 aliphatic rings. The summed E-state index contributed by atoms with van der Waals surface area (Å²) in [5, 5.41) is 3.36. The van der Waals surface area contributed by atoms with Crippen LogP contribution in [0.15, 0.2) is 18.3 Å². The van der Waals surface area contributed by atoms with Gasteiger partial charge in [-0.1, -0.05) is 6.07 Å². The number of hydrogen-bond acceptors (Lipinski definition) is 3. The van der Waals surface area contributed by atoms with Crippen LogP contribution in [0.2, 0.25) is 0 Å². The lowest BCUT2D eigenvalue weighted by Crippen LogP contribution is -2.48. The van der Waals surface area contributed by atoms with E-state index in [4.69, 9.17) is 0 Å². The molecule has 1 N–H and O–H groups in total. The molecule has 0 bridgehead atoms. The second kappa shape index (κ2) is 5.41. The number of aromatic nitrogens is 1. The molecule has 1 aromatic rings. The van der Waals surface area contributed by atoms with Gasteiger partial charge in [0.05, 0.1) is 6.04 Å². The molecule has 0 radical (unpaired) electrons. The number of nitrogens with one attached hydrogen (secondary N) is 1. The number of likely N-dealkylation sites (tertiary alicyclic amines) is 1. The molecule has 3 atom stereocenters. The van der Waals surface area contributed by atoms with E-state index in [9.17, 15) is 4.79 Å². The summed E-state index contributed by atoms with van der Waals surface area (Å²) in [6.45, 7) is 1.94. The van der Waals surface area contributed by atoms with E-state index in [0.717, 1.165) is 51.6 Å². The average Bonchev–Trinajstić information content (AvgIpc) is 3.24. The molecule has 112 valence electrons. The molecule has 2 saturated heterocycles. The van der Waals surface area contributed by atoms with Crippen molar-refractivity contribution in [3.63, 3.8) is 0 Å². The van der Waals surface area contributed by atoms with Gasteiger partial charge in [0.2, 0.25) is 5.91 Å². The number of carbonyl (C=O) groups excluding carboxylic acids is 1. The van der Waals surface area contributed by atoms with Gasteiger partial charge in [-0.3, -0.25) is 9.78 Å². The Balaban J connectivity index is 1.49. The molecule has 4 nitrogen and oxygen atoms in total. The lowest BCUT2D eigenvalue weighted by molar-refractivity contribution is -0.134. The zero-order chi connectivity index (χ0) is 14.2. The summed E-state index contributed by atoms with van der Waals surface area (Å²) >= 11 is 0. The predicted molar refractivity (Wildman–Crippen MR) is 80.9 cm³/mol. The molecule has 21 heavy (non-hydrogen) atoms. The molecule has 0 saturated carbocycles. The topological polar surface area (TPSA) is 45.2 Å². The number of pyridine rings is 1. The van der Waals surface area contributed by atoms with E-state index in [2.05, 4.69) is 21.3 Å². The van der Waals surface area contributed by atoms with Crippen LogP contribution in [0.1, 0.15) is 36.9 Å². The van der Waals surface area contributed by atoms with Crippen molar-refractivity contribution in [2.75, 3.05) is 13.1 Å². The zero-order valence-electron chi connectivity index (χ0n) is 12.4. The van der Waals surface area contributed by atoms with Gasteiger partial charge in [0, 0.05) is 24.5 Å². The van der Waals surface area contributed by atoms with E-state index in [1.165, 1.54) is 11.3 Å². The molecule has 3 heterocycles. The number of carbonyl (C=O) groups is 1. The molecule has 3 unspecified atom stereocenters. The highest BCUT2D eigenvalue weighted by atomic mass is 16.2. The first-order valence-electron chi connectivity index (χ1n) is 8.29. The molecule has 0 aromatic carbocycles. The normalized spacial score (nSPS) is 31.6. The number of amides is 1. The average molecular weight is 285 g/mol. The Kier molecular flexibility index (Phi) is 3.42. The Bertz CT molecular complexity index is 514. The second-order valence-corrected chi connectivity index (χ2v) is 6.67. The van der Waals surface area contributed by atoms with E-state index in [0.29, 0.717) is 17.9 Å². The minimum atomic E-state index is 0.0764. The SMILES string of the molecule is O=C(C1CCCN1)N1CCCC1C1Cc2cccnc2C1. The summed E-state index contributed by atoms with van der Waals surface area (Å²) in [6.07, 6.45) is 8.49. The summed E-state index contributed by atoms with van der Waals surface area (Å²) in [6, 6.07) is 4.73. The quantitative estimate of drug-likeness (QED) is 0.896. The van der Waals surface area contributed by atoms with Crippen molar-refractivity contribution in [3.05, 3.63) is 29.6 Å². The molecular formula is C17H23N3O. The van der Waals surface area contributed by atoms with Gasteiger partial charge in [-0.25, -0.2) is 0 Å². The summed E-state index contributed by atoms with van der Waals surface area (Å²) in [4.78, 5) is 19.4. The molecule has 1 aliphatic carbocycles. The van der Waals surface area contributed by atoms with Crippen LogP contribution >= 0.6 is 0 Å². The van der Waals surface area contributed by atoms with Gasteiger partial charge in [0.25, 0.3) is 0 Å². The van der Waals surface area contributed by atoms with Crippen molar-refractivity contribution in [3.8, 4) is 0 Å². The Hall–Kier alpha value is -1.42. The highest BCUT2D eigenvalue weighted by molar-refractivity contribution is 5.82. The maximum atomic E-state index is 12.7. The fraction of sp³-hybridized carbons (Fsp3) is 0.647. The van der Waals surface area contributed by atoms with Crippen molar-refractivity contribution in [2.45, 2.75) is 50.6 Å². The molecule has 0 spiro atoms. The molecule has 4 heteroatoms. The number of rotatable bonds is 2. The van der Waals surface area contributed by atoms with Crippen LogP contribution in [0.3, 0.4) is 0 Å². The fourth-order valence-electron chi connectivity index (χ4n) is 4.37. The molecule has 2 aliphatic heterocycles. The van der Waals surface area contributed by atoms with Crippen molar-refractivity contribution in [1.29, 1.82) is 0 Å². The van der Waals surface area contributed by atoms with Gasteiger partial charge in [-0.05, 0) is 62.6 Å². The smallest absolute Gasteiger partial charge is 0.239 e. The minimum absolute atomic E-state index is 0.0764. The first-order chi connectivity index (χ1) is 10.3. The van der Waals surface area contributed by atoms with Crippen molar-refractivity contribution >= 4 is 5.91 Å². The highest BCUT2D eigenvalue weighted by Gasteiger charge is 2.40. The molecule has 2 fully saturated rings. The third kappa shape index (κ3) is 2.35. The number of hydrogen-bond donors (Lipinski definition) is 1. The summed E-state index contributed by atoms with van der Waals surface area (Å²) < 4.78 is 0. The van der Waals surface area contributed by atoms with E-state index in [1.54, 1.807) is 0 Å². The van der Waals surface area contributed by atoms with Crippen molar-refractivity contribution in [2.24, 2.45) is 5.92 Å². The van der Waals surface area contributed by atoms with Crippen LogP contribution in [-0.2, 0) is 17.6 Å². The van der Waals surface area contributed by atoms with Crippen LogP contribution in [0.4, 0.5) is 0 Å².